The normalized spacial score (nSPS) is 12.4. The Morgan fingerprint density at radius 1 is 1.27 bits per heavy atom. The fraction of sp³-hybridized carbons (Fsp3) is 0.467. The maximum absolute atomic E-state index is 10.9. The minimum absolute atomic E-state index is 0.0602. The lowest BCUT2D eigenvalue weighted by molar-refractivity contribution is -0.157. The van der Waals surface area contributed by atoms with E-state index in [2.05, 4.69) is 10.1 Å². The van der Waals surface area contributed by atoms with Gasteiger partial charge in [-0.3, -0.25) is 9.59 Å². The summed E-state index contributed by atoms with van der Waals surface area (Å²) in [5, 5.41) is 20.3. The molecule has 0 heterocycles. The number of hydrogen-bond acceptors (Lipinski definition) is 7. The summed E-state index contributed by atoms with van der Waals surface area (Å²) in [5.74, 6) is -0.494. The summed E-state index contributed by atoms with van der Waals surface area (Å²) in [6.45, 7) is 5.66. The first-order valence-electron chi connectivity index (χ1n) is 6.73. The molecule has 22 heavy (non-hydrogen) atoms. The standard InChI is InChI=1S/C8H15NO4.C7H8O2/c1-6(12-5-10)7(2)13-8(11)4-9-3;1-5-2-3-6(8)7(9)4-5/h5-7,9H,4H2,1-3H3;2-4,8-9H,1H3. The summed E-state index contributed by atoms with van der Waals surface area (Å²) in [7, 11) is 1.65. The van der Waals surface area contributed by atoms with Crippen LogP contribution in [0.3, 0.4) is 0 Å². The lowest BCUT2D eigenvalue weighted by Gasteiger charge is -2.18. The molecule has 7 nitrogen and oxygen atoms in total. The van der Waals surface area contributed by atoms with E-state index in [1.54, 1.807) is 27.0 Å². The number of benzene rings is 1. The van der Waals surface area contributed by atoms with Gasteiger partial charge in [0.1, 0.15) is 12.2 Å². The Labute approximate surface area is 129 Å². The molecule has 0 saturated heterocycles. The molecule has 1 aromatic rings. The van der Waals surface area contributed by atoms with E-state index < -0.39 is 12.2 Å². The van der Waals surface area contributed by atoms with Crippen LogP contribution in [0.15, 0.2) is 18.2 Å². The van der Waals surface area contributed by atoms with Gasteiger partial charge in [-0.25, -0.2) is 0 Å². The van der Waals surface area contributed by atoms with Crippen molar-refractivity contribution in [1.82, 2.24) is 5.32 Å². The second-order valence-electron chi connectivity index (χ2n) is 4.65. The summed E-state index contributed by atoms with van der Waals surface area (Å²) in [6, 6.07) is 4.70. The van der Waals surface area contributed by atoms with Crippen molar-refractivity contribution in [3.63, 3.8) is 0 Å². The molecule has 1 aromatic carbocycles. The van der Waals surface area contributed by atoms with Gasteiger partial charge >= 0.3 is 5.97 Å². The zero-order valence-electron chi connectivity index (χ0n) is 13.2. The molecule has 0 saturated carbocycles. The van der Waals surface area contributed by atoms with Gasteiger partial charge in [-0.15, -0.1) is 0 Å². The lowest BCUT2D eigenvalue weighted by Crippen LogP contribution is -2.31. The fourth-order valence-corrected chi connectivity index (χ4v) is 1.32. The van der Waals surface area contributed by atoms with Crippen LogP contribution in [0, 0.1) is 6.92 Å². The number of carbonyl (C=O) groups is 2. The van der Waals surface area contributed by atoms with Crippen LogP contribution >= 0.6 is 0 Å². The Morgan fingerprint density at radius 2 is 1.91 bits per heavy atom. The number of ether oxygens (including phenoxy) is 2. The van der Waals surface area contributed by atoms with Crippen molar-refractivity contribution in [1.29, 1.82) is 0 Å². The highest BCUT2D eigenvalue weighted by molar-refractivity contribution is 5.71. The van der Waals surface area contributed by atoms with E-state index in [1.165, 1.54) is 12.1 Å². The SMILES string of the molecule is CNCC(=O)OC(C)C(C)OC=O.Cc1ccc(O)c(O)c1. The molecule has 0 spiro atoms. The molecule has 0 fully saturated rings. The molecule has 0 bridgehead atoms. The number of aryl methyl sites for hydroxylation is 1. The van der Waals surface area contributed by atoms with Crippen molar-refractivity contribution in [2.45, 2.75) is 33.0 Å². The average Bonchev–Trinajstić information content (AvgIpc) is 2.44. The van der Waals surface area contributed by atoms with Gasteiger partial charge in [0, 0.05) is 0 Å². The highest BCUT2D eigenvalue weighted by Gasteiger charge is 2.16. The molecule has 0 aliphatic rings. The first-order valence-corrected chi connectivity index (χ1v) is 6.73. The molecule has 2 atom stereocenters. The van der Waals surface area contributed by atoms with Gasteiger partial charge in [0.25, 0.3) is 6.47 Å². The number of likely N-dealkylation sites (N-methyl/N-ethyl adjacent to an activating group) is 1. The van der Waals surface area contributed by atoms with Gasteiger partial charge in [-0.2, -0.15) is 0 Å². The van der Waals surface area contributed by atoms with Gasteiger partial charge in [0.05, 0.1) is 6.54 Å². The van der Waals surface area contributed by atoms with Crippen LogP contribution in [0.25, 0.3) is 0 Å². The summed E-state index contributed by atoms with van der Waals surface area (Å²) >= 11 is 0. The maximum Gasteiger partial charge on any atom is 0.320 e. The Bertz CT molecular complexity index is 477. The maximum atomic E-state index is 10.9. The highest BCUT2D eigenvalue weighted by Crippen LogP contribution is 2.23. The Morgan fingerprint density at radius 3 is 2.36 bits per heavy atom. The van der Waals surface area contributed by atoms with Crippen molar-refractivity contribution in [3.05, 3.63) is 23.8 Å². The molecule has 1 rings (SSSR count). The van der Waals surface area contributed by atoms with Crippen molar-refractivity contribution >= 4 is 12.4 Å². The minimum Gasteiger partial charge on any atom is -0.504 e. The van der Waals surface area contributed by atoms with Gasteiger partial charge < -0.3 is 25.0 Å². The molecule has 3 N–H and O–H groups in total. The molecule has 0 amide bonds. The average molecular weight is 313 g/mol. The summed E-state index contributed by atoms with van der Waals surface area (Å²) < 4.78 is 9.52. The first-order chi connectivity index (χ1) is 10.3. The molecule has 7 heteroatoms. The predicted molar refractivity (Wildman–Crippen MR) is 80.6 cm³/mol. The second kappa shape index (κ2) is 10.4. The summed E-state index contributed by atoms with van der Waals surface area (Å²) in [4.78, 5) is 20.9. The summed E-state index contributed by atoms with van der Waals surface area (Å²) in [5.41, 5.74) is 0.935. The first kappa shape index (κ1) is 19.7. The topological polar surface area (TPSA) is 105 Å². The smallest absolute Gasteiger partial charge is 0.320 e. The number of hydrogen-bond donors (Lipinski definition) is 3. The van der Waals surface area contributed by atoms with E-state index in [-0.39, 0.29) is 24.0 Å². The van der Waals surface area contributed by atoms with Crippen LogP contribution in [0.2, 0.25) is 0 Å². The van der Waals surface area contributed by atoms with Crippen molar-refractivity contribution < 1.29 is 29.3 Å². The quantitative estimate of drug-likeness (QED) is 0.410. The number of carbonyl (C=O) groups excluding carboxylic acids is 2. The van der Waals surface area contributed by atoms with E-state index in [0.717, 1.165) is 5.56 Å². The fourth-order valence-electron chi connectivity index (χ4n) is 1.32. The molecule has 2 unspecified atom stereocenters. The number of esters is 1. The van der Waals surface area contributed by atoms with E-state index >= 15 is 0 Å². The molecular formula is C15H23NO6. The van der Waals surface area contributed by atoms with Crippen LogP contribution in [0.4, 0.5) is 0 Å². The van der Waals surface area contributed by atoms with Crippen LogP contribution in [-0.2, 0) is 19.1 Å². The highest BCUT2D eigenvalue weighted by atomic mass is 16.6. The minimum atomic E-state index is -0.425. The third-order valence-corrected chi connectivity index (χ3v) is 2.70. The van der Waals surface area contributed by atoms with E-state index in [4.69, 9.17) is 14.9 Å². The van der Waals surface area contributed by atoms with Gasteiger partial charge in [-0.05, 0) is 45.5 Å². The monoisotopic (exact) mass is 313 g/mol. The third-order valence-electron chi connectivity index (χ3n) is 2.70. The number of nitrogens with one attached hydrogen (secondary N) is 1. The Balaban J connectivity index is 0.000000425. The molecule has 0 aliphatic carbocycles. The van der Waals surface area contributed by atoms with Crippen LogP contribution in [0.1, 0.15) is 19.4 Å². The second-order valence-corrected chi connectivity index (χ2v) is 4.65. The van der Waals surface area contributed by atoms with Gasteiger partial charge in [0.2, 0.25) is 0 Å². The zero-order valence-corrected chi connectivity index (χ0v) is 13.2. The zero-order chi connectivity index (χ0) is 17.1. The largest absolute Gasteiger partial charge is 0.504 e. The van der Waals surface area contributed by atoms with Crippen molar-refractivity contribution in [3.8, 4) is 11.5 Å². The van der Waals surface area contributed by atoms with Gasteiger partial charge in [0.15, 0.2) is 11.5 Å². The Kier molecular flexibility index (Phi) is 9.36. The third kappa shape index (κ3) is 8.11. The van der Waals surface area contributed by atoms with Crippen molar-refractivity contribution in [2.24, 2.45) is 0 Å². The molecule has 0 radical (unpaired) electrons. The Hall–Kier alpha value is -2.28. The van der Waals surface area contributed by atoms with E-state index in [1.807, 2.05) is 6.92 Å². The summed E-state index contributed by atoms with van der Waals surface area (Å²) in [6.07, 6.45) is -0.843. The predicted octanol–water partition coefficient (Wildman–Crippen LogP) is 1.11. The van der Waals surface area contributed by atoms with Crippen LogP contribution in [0.5, 0.6) is 11.5 Å². The van der Waals surface area contributed by atoms with Gasteiger partial charge in [-0.1, -0.05) is 6.07 Å². The van der Waals surface area contributed by atoms with Crippen LogP contribution < -0.4 is 5.32 Å². The number of aromatic hydroxyl groups is 2. The van der Waals surface area contributed by atoms with E-state index in [9.17, 15) is 9.59 Å². The van der Waals surface area contributed by atoms with Crippen LogP contribution in [-0.4, -0.2) is 48.5 Å². The molecule has 0 aliphatic heterocycles. The number of phenols is 2. The van der Waals surface area contributed by atoms with E-state index in [0.29, 0.717) is 6.47 Å². The number of rotatable bonds is 6. The van der Waals surface area contributed by atoms with Crippen molar-refractivity contribution in [2.75, 3.05) is 13.6 Å². The number of phenolic OH excluding ortho intramolecular Hbond substituents is 2. The molecule has 124 valence electrons. The lowest BCUT2D eigenvalue weighted by atomic mass is 10.2. The molecule has 0 aromatic heterocycles. The molecular weight excluding hydrogens is 290 g/mol.